The minimum Gasteiger partial charge on any atom is -0.496 e. The highest BCUT2D eigenvalue weighted by molar-refractivity contribution is 9.10. The number of hydrogen-bond acceptors (Lipinski definition) is 3. The largest absolute Gasteiger partial charge is 0.496 e. The fourth-order valence-corrected chi connectivity index (χ4v) is 4.18. The van der Waals surface area contributed by atoms with Crippen molar-refractivity contribution in [3.8, 4) is 5.75 Å². The van der Waals surface area contributed by atoms with Gasteiger partial charge in [-0.15, -0.1) is 0 Å². The van der Waals surface area contributed by atoms with Crippen molar-refractivity contribution in [2.75, 3.05) is 12.4 Å². The van der Waals surface area contributed by atoms with Crippen LogP contribution in [0.3, 0.4) is 0 Å². The molecule has 0 aromatic heterocycles. The van der Waals surface area contributed by atoms with Gasteiger partial charge in [-0.25, -0.2) is 4.39 Å². The summed E-state index contributed by atoms with van der Waals surface area (Å²) in [6.45, 7) is 0. The summed E-state index contributed by atoms with van der Waals surface area (Å²) in [6.07, 6.45) is 0. The molecule has 1 atom stereocenters. The van der Waals surface area contributed by atoms with Crippen molar-refractivity contribution in [3.05, 3.63) is 92.2 Å². The van der Waals surface area contributed by atoms with Gasteiger partial charge >= 0.3 is 0 Å². The Kier molecular flexibility index (Phi) is 5.49. The molecule has 0 saturated heterocycles. The molecule has 0 bridgehead atoms. The van der Waals surface area contributed by atoms with Crippen LogP contribution in [-0.4, -0.2) is 18.9 Å². The van der Waals surface area contributed by atoms with Gasteiger partial charge < -0.3 is 15.4 Å². The first-order chi connectivity index (χ1) is 14.4. The zero-order chi connectivity index (χ0) is 21.4. The van der Waals surface area contributed by atoms with Crippen LogP contribution >= 0.6 is 27.5 Å². The molecule has 0 saturated carbocycles. The number of anilines is 1. The molecular formula is C22H15BrClFN2O3. The molecule has 3 aromatic rings. The van der Waals surface area contributed by atoms with E-state index in [1.807, 2.05) is 0 Å². The second-order valence-electron chi connectivity index (χ2n) is 6.64. The minimum atomic E-state index is -0.711. The molecule has 8 heteroatoms. The molecule has 1 unspecified atom stereocenters. The summed E-state index contributed by atoms with van der Waals surface area (Å²) in [7, 11) is 1.48. The number of para-hydroxylation sites is 1. The van der Waals surface area contributed by atoms with Crippen molar-refractivity contribution in [3.63, 3.8) is 0 Å². The Bertz CT molecular complexity index is 1190. The number of carbonyl (C=O) groups excluding carboxylic acids is 2. The number of benzene rings is 3. The lowest BCUT2D eigenvalue weighted by molar-refractivity contribution is 0.0959. The Morgan fingerprint density at radius 1 is 1.20 bits per heavy atom. The number of fused-ring (bicyclic) bond motifs is 1. The molecule has 2 amide bonds. The van der Waals surface area contributed by atoms with Crippen LogP contribution < -0.4 is 15.4 Å². The maximum atomic E-state index is 13.9. The van der Waals surface area contributed by atoms with E-state index in [0.717, 1.165) is 0 Å². The Balaban J connectivity index is 1.81. The van der Waals surface area contributed by atoms with Crippen LogP contribution in [0.5, 0.6) is 5.75 Å². The summed E-state index contributed by atoms with van der Waals surface area (Å²) >= 11 is 9.66. The third-order valence-corrected chi connectivity index (χ3v) is 5.62. The van der Waals surface area contributed by atoms with Crippen LogP contribution in [-0.2, 0) is 0 Å². The third kappa shape index (κ3) is 3.66. The van der Waals surface area contributed by atoms with Crippen LogP contribution in [0, 0.1) is 5.82 Å². The van der Waals surface area contributed by atoms with Crippen molar-refractivity contribution in [1.29, 1.82) is 0 Å². The van der Waals surface area contributed by atoms with Crippen molar-refractivity contribution in [2.24, 2.45) is 0 Å². The van der Waals surface area contributed by atoms with E-state index < -0.39 is 17.8 Å². The Labute approximate surface area is 185 Å². The van der Waals surface area contributed by atoms with Gasteiger partial charge in [-0.1, -0.05) is 39.7 Å². The number of carbonyl (C=O) groups is 2. The molecule has 1 aliphatic rings. The smallest absolute Gasteiger partial charge is 0.259 e. The van der Waals surface area contributed by atoms with Crippen LogP contribution in [0.4, 0.5) is 10.1 Å². The maximum Gasteiger partial charge on any atom is 0.259 e. The van der Waals surface area contributed by atoms with E-state index in [1.165, 1.54) is 25.3 Å². The SMILES string of the molecule is COc1ccccc1C(=O)Nc1cc(Br)cc2c1C(c1cc(F)ccc1Cl)NC2=O. The summed E-state index contributed by atoms with van der Waals surface area (Å²) in [5, 5.41) is 5.98. The van der Waals surface area contributed by atoms with Gasteiger partial charge in [0.1, 0.15) is 11.6 Å². The van der Waals surface area contributed by atoms with Gasteiger partial charge in [-0.2, -0.15) is 0 Å². The number of methoxy groups -OCH3 is 1. The molecule has 0 spiro atoms. The van der Waals surface area contributed by atoms with Gasteiger partial charge in [-0.05, 0) is 42.5 Å². The maximum absolute atomic E-state index is 13.9. The lowest BCUT2D eigenvalue weighted by Gasteiger charge is -2.18. The molecule has 0 radical (unpaired) electrons. The number of ether oxygens (including phenoxy) is 1. The Morgan fingerprint density at radius 2 is 1.97 bits per heavy atom. The van der Waals surface area contributed by atoms with E-state index in [1.54, 1.807) is 36.4 Å². The van der Waals surface area contributed by atoms with Crippen molar-refractivity contribution >= 4 is 45.0 Å². The van der Waals surface area contributed by atoms with Crippen LogP contribution in [0.15, 0.2) is 59.1 Å². The first-order valence-electron chi connectivity index (χ1n) is 8.92. The number of nitrogens with one attached hydrogen (secondary N) is 2. The van der Waals surface area contributed by atoms with E-state index in [4.69, 9.17) is 16.3 Å². The zero-order valence-corrected chi connectivity index (χ0v) is 18.0. The quantitative estimate of drug-likeness (QED) is 0.520. The third-order valence-electron chi connectivity index (χ3n) is 4.82. The molecule has 0 aliphatic carbocycles. The van der Waals surface area contributed by atoms with Gasteiger partial charge in [0.25, 0.3) is 11.8 Å². The zero-order valence-electron chi connectivity index (χ0n) is 15.6. The van der Waals surface area contributed by atoms with Crippen molar-refractivity contribution in [2.45, 2.75) is 6.04 Å². The van der Waals surface area contributed by atoms with E-state index in [9.17, 15) is 14.0 Å². The monoisotopic (exact) mass is 488 g/mol. The number of rotatable bonds is 4. The van der Waals surface area contributed by atoms with Crippen molar-refractivity contribution in [1.82, 2.24) is 5.32 Å². The molecule has 2 N–H and O–H groups in total. The summed E-state index contributed by atoms with van der Waals surface area (Å²) in [5.74, 6) is -0.810. The predicted molar refractivity (Wildman–Crippen MR) is 116 cm³/mol. The fourth-order valence-electron chi connectivity index (χ4n) is 3.49. The number of hydrogen-bond donors (Lipinski definition) is 2. The molecule has 30 heavy (non-hydrogen) atoms. The molecule has 5 nitrogen and oxygen atoms in total. The van der Waals surface area contributed by atoms with Gasteiger partial charge in [-0.3, -0.25) is 9.59 Å². The van der Waals surface area contributed by atoms with Crippen LogP contribution in [0.25, 0.3) is 0 Å². The summed E-state index contributed by atoms with van der Waals surface area (Å²) < 4.78 is 19.8. The van der Waals surface area contributed by atoms with Gasteiger partial charge in [0, 0.05) is 31.9 Å². The normalized spacial score (nSPS) is 14.8. The molecule has 3 aromatic carbocycles. The lowest BCUT2D eigenvalue weighted by Crippen LogP contribution is -2.21. The van der Waals surface area contributed by atoms with Crippen LogP contribution in [0.2, 0.25) is 5.02 Å². The fraction of sp³-hybridized carbons (Fsp3) is 0.0909. The molecule has 1 aliphatic heterocycles. The summed E-state index contributed by atoms with van der Waals surface area (Å²) in [6, 6.07) is 13.4. The lowest BCUT2D eigenvalue weighted by atomic mass is 9.96. The first kappa shape index (κ1) is 20.4. The Morgan fingerprint density at radius 3 is 2.73 bits per heavy atom. The number of amides is 2. The topological polar surface area (TPSA) is 67.4 Å². The first-order valence-corrected chi connectivity index (χ1v) is 10.1. The molecule has 1 heterocycles. The van der Waals surface area contributed by atoms with Gasteiger partial charge in [0.05, 0.1) is 18.7 Å². The van der Waals surface area contributed by atoms with Crippen LogP contribution in [0.1, 0.15) is 37.9 Å². The van der Waals surface area contributed by atoms with Gasteiger partial charge in [0.2, 0.25) is 0 Å². The van der Waals surface area contributed by atoms with E-state index in [2.05, 4.69) is 26.6 Å². The van der Waals surface area contributed by atoms with E-state index >= 15 is 0 Å². The standard InChI is InChI=1S/C22H15BrClFN2O3/c1-30-18-5-3-2-4-13(18)21(28)26-17-9-11(23)8-15-19(17)20(27-22(15)29)14-10-12(25)6-7-16(14)24/h2-10,20H,1H3,(H,26,28)(H,27,29). The molecular weight excluding hydrogens is 475 g/mol. The molecule has 0 fully saturated rings. The molecule has 152 valence electrons. The summed E-state index contributed by atoms with van der Waals surface area (Å²) in [4.78, 5) is 25.6. The van der Waals surface area contributed by atoms with Crippen molar-refractivity contribution < 1.29 is 18.7 Å². The number of halogens is 3. The minimum absolute atomic E-state index is 0.305. The average molecular weight is 490 g/mol. The van der Waals surface area contributed by atoms with Gasteiger partial charge in [0.15, 0.2) is 0 Å². The highest BCUT2D eigenvalue weighted by atomic mass is 79.9. The molecule has 4 rings (SSSR count). The van der Waals surface area contributed by atoms with E-state index in [-0.39, 0.29) is 5.91 Å². The highest BCUT2D eigenvalue weighted by Crippen LogP contribution is 2.41. The second kappa shape index (κ2) is 8.08. The average Bonchev–Trinajstić information content (AvgIpc) is 3.06. The summed E-state index contributed by atoms with van der Waals surface area (Å²) in [5.41, 5.74) is 2.02. The Hall–Kier alpha value is -2.90. The van der Waals surface area contributed by atoms with E-state index in [0.29, 0.717) is 43.2 Å². The predicted octanol–water partition coefficient (Wildman–Crippen LogP) is 5.34. The highest BCUT2D eigenvalue weighted by Gasteiger charge is 2.34. The second-order valence-corrected chi connectivity index (χ2v) is 7.96.